The summed E-state index contributed by atoms with van der Waals surface area (Å²) in [7, 11) is 3.02. The number of hydrogen-bond acceptors (Lipinski definition) is 12. The molecule has 4 amide bonds. The van der Waals surface area contributed by atoms with Gasteiger partial charge in [-0.1, -0.05) is 24.3 Å². The van der Waals surface area contributed by atoms with E-state index >= 15 is 0 Å². The number of carbonyl (C=O) groups is 4. The van der Waals surface area contributed by atoms with E-state index in [1.807, 2.05) is 0 Å². The molecule has 0 radical (unpaired) electrons. The molecule has 2 N–H and O–H groups in total. The van der Waals surface area contributed by atoms with E-state index in [-0.39, 0.29) is 71.9 Å². The van der Waals surface area contributed by atoms with Crippen molar-refractivity contribution in [1.29, 1.82) is 0 Å². The molecule has 8 atom stereocenters. The number of fused-ring (bicyclic) bond motifs is 6. The second-order valence-electron chi connectivity index (χ2n) is 20.3. The third-order valence-electron chi connectivity index (χ3n) is 15.3. The number of likely N-dealkylation sites (N-methyl/N-ethyl adjacent to an activating group) is 2. The van der Waals surface area contributed by atoms with Crippen LogP contribution in [0, 0.1) is 0 Å². The van der Waals surface area contributed by atoms with E-state index in [2.05, 4.69) is 20.6 Å². The molecule has 10 heterocycles. The van der Waals surface area contributed by atoms with Crippen LogP contribution in [-0.2, 0) is 61.8 Å². The highest BCUT2D eigenvalue weighted by atomic mass is 19.4. The minimum absolute atomic E-state index is 0.114. The number of amides is 4. The van der Waals surface area contributed by atoms with Gasteiger partial charge in [0, 0.05) is 38.1 Å². The number of benzene rings is 2. The molecule has 10 aliphatic heterocycles. The average molecular weight is 1110 g/mol. The molecule has 2 fully saturated rings. The van der Waals surface area contributed by atoms with Gasteiger partial charge in [0.25, 0.3) is 0 Å². The molecule has 0 saturated carbocycles. The fourth-order valence-electron chi connectivity index (χ4n) is 11.8. The summed E-state index contributed by atoms with van der Waals surface area (Å²) >= 11 is 0. The van der Waals surface area contributed by atoms with Crippen molar-refractivity contribution >= 4 is 35.1 Å². The highest BCUT2D eigenvalue weighted by molar-refractivity contribution is 6.15. The summed E-state index contributed by atoms with van der Waals surface area (Å²) in [5.41, 5.74) is 0.650. The van der Waals surface area contributed by atoms with Gasteiger partial charge in [-0.3, -0.25) is 19.2 Å². The lowest BCUT2D eigenvalue weighted by atomic mass is 9.67. The lowest BCUT2D eigenvalue weighted by Crippen LogP contribution is -2.64. The van der Waals surface area contributed by atoms with E-state index in [4.69, 9.17) is 28.4 Å². The van der Waals surface area contributed by atoms with Crippen LogP contribution in [0.2, 0.25) is 0 Å². The number of piperazine rings is 2. The number of nitrogens with one attached hydrogen (secondary N) is 2. The van der Waals surface area contributed by atoms with E-state index in [1.54, 1.807) is 36.4 Å². The molecular formula is C50H42F12N6O10. The van der Waals surface area contributed by atoms with Crippen LogP contribution >= 0.6 is 0 Å². The Morgan fingerprint density at radius 3 is 1.24 bits per heavy atom. The highest BCUT2D eigenvalue weighted by Gasteiger charge is 2.63. The van der Waals surface area contributed by atoms with Crippen molar-refractivity contribution in [1.82, 2.24) is 20.4 Å². The topological polar surface area (TPSA) is 179 Å². The number of aliphatic imine (C=N–C) groups is 2. The first-order chi connectivity index (χ1) is 36.4. The number of hydrogen-bond donors (Lipinski definition) is 2. The van der Waals surface area contributed by atoms with Crippen LogP contribution in [0.15, 0.2) is 94.0 Å². The van der Waals surface area contributed by atoms with Crippen LogP contribution in [0.25, 0.3) is 0 Å². The number of ether oxygens (including phenoxy) is 6. The maximum atomic E-state index is 13.3. The summed E-state index contributed by atoms with van der Waals surface area (Å²) in [4.78, 5) is 64.3. The molecule has 16 nitrogen and oxygen atoms in total. The van der Waals surface area contributed by atoms with Gasteiger partial charge >= 0.3 is 24.7 Å². The monoisotopic (exact) mass is 1110 g/mol. The van der Waals surface area contributed by atoms with Gasteiger partial charge in [-0.25, -0.2) is 9.98 Å². The van der Waals surface area contributed by atoms with Crippen molar-refractivity contribution in [3.05, 3.63) is 106 Å². The summed E-state index contributed by atoms with van der Waals surface area (Å²) in [6, 6.07) is 6.80. The Bertz CT molecular complexity index is 2870. The van der Waals surface area contributed by atoms with Crippen LogP contribution in [-0.4, -0.2) is 158 Å². The first-order valence-electron chi connectivity index (χ1n) is 24.0. The van der Waals surface area contributed by atoms with Gasteiger partial charge in [-0.05, 0) is 83.7 Å². The number of nitrogens with zero attached hydrogens (tertiary/aromatic N) is 4. The summed E-state index contributed by atoms with van der Waals surface area (Å²) in [6.07, 6.45) is -14.9. The quantitative estimate of drug-likeness (QED) is 0.256. The SMILES string of the molecule is CN1C(=O)[C@H]2C[C@]34C5=CC(OCC(F)(F)F)(OCC(F)(F)F)C=CC5=N[C@H]3Oc3ccc(cc34)C[C@@H]1C(=O)N2.CN1C(=O)[C@H]2C[C@]34C5=CC(OCC(F)(F)F)(OCC(F)(F)F)C=CC5=N[C@H]3Oc3ccc(cc34)C[C@@H]1C(=O)N2. The van der Waals surface area contributed by atoms with Gasteiger partial charge in [-0.15, -0.1) is 0 Å². The van der Waals surface area contributed by atoms with E-state index in [0.29, 0.717) is 33.8 Å². The number of allylic oxidation sites excluding steroid dienone is 2. The van der Waals surface area contributed by atoms with Crippen LogP contribution in [0.3, 0.4) is 0 Å². The Balaban J connectivity index is 0.000000165. The van der Waals surface area contributed by atoms with Crippen molar-refractivity contribution in [2.75, 3.05) is 40.5 Å². The predicted octanol–water partition coefficient (Wildman–Crippen LogP) is 5.44. The number of alkyl halides is 12. The van der Waals surface area contributed by atoms with Crippen molar-refractivity contribution in [3.63, 3.8) is 0 Å². The summed E-state index contributed by atoms with van der Waals surface area (Å²) in [5.74, 6) is -5.81. The first kappa shape index (κ1) is 53.2. The second kappa shape index (κ2) is 17.9. The maximum absolute atomic E-state index is 13.3. The second-order valence-corrected chi connectivity index (χ2v) is 20.3. The Morgan fingerprint density at radius 1 is 0.564 bits per heavy atom. The third-order valence-corrected chi connectivity index (χ3v) is 15.3. The smallest absolute Gasteiger partial charge is 0.411 e. The van der Waals surface area contributed by atoms with Crippen molar-refractivity contribution in [2.24, 2.45) is 9.98 Å². The minimum Gasteiger partial charge on any atom is -0.467 e. The van der Waals surface area contributed by atoms with Crippen molar-refractivity contribution in [3.8, 4) is 11.5 Å². The number of rotatable bonds is 8. The molecule has 0 unspecified atom stereocenters. The molecule has 28 heteroatoms. The lowest BCUT2D eigenvalue weighted by molar-refractivity contribution is -0.274. The maximum Gasteiger partial charge on any atom is 0.411 e. The van der Waals surface area contributed by atoms with Crippen LogP contribution in [0.4, 0.5) is 52.7 Å². The van der Waals surface area contributed by atoms with Crippen molar-refractivity contribution < 1.29 is 100 Å². The Kier molecular flexibility index (Phi) is 12.2. The Hall–Kier alpha value is -6.78. The fourth-order valence-corrected chi connectivity index (χ4v) is 11.8. The largest absolute Gasteiger partial charge is 0.467 e. The van der Waals surface area contributed by atoms with Crippen molar-refractivity contribution in [2.45, 2.75) is 109 Å². The molecule has 2 aliphatic carbocycles. The van der Waals surface area contributed by atoms with Gasteiger partial charge in [0.2, 0.25) is 47.7 Å². The zero-order chi connectivity index (χ0) is 55.9. The van der Waals surface area contributed by atoms with E-state index in [0.717, 1.165) is 24.3 Å². The van der Waals surface area contributed by atoms with Gasteiger partial charge in [0.15, 0.2) is 0 Å². The van der Waals surface area contributed by atoms with Gasteiger partial charge in [0.1, 0.15) is 62.1 Å². The molecule has 416 valence electrons. The normalized spacial score (nSPS) is 30.3. The zero-order valence-electron chi connectivity index (χ0n) is 40.5. The highest BCUT2D eigenvalue weighted by Crippen LogP contribution is 2.59. The molecule has 78 heavy (non-hydrogen) atoms. The van der Waals surface area contributed by atoms with Gasteiger partial charge in [0.05, 0.1) is 22.3 Å². The van der Waals surface area contributed by atoms with E-state index < -0.39 is 110 Å². The van der Waals surface area contributed by atoms with Crippen LogP contribution in [0.1, 0.15) is 35.1 Å². The lowest BCUT2D eigenvalue weighted by Gasteiger charge is -2.42. The van der Waals surface area contributed by atoms with Gasteiger partial charge in [-0.2, -0.15) is 52.7 Å². The average Bonchev–Trinajstić information content (AvgIpc) is 4.11. The molecule has 2 aromatic carbocycles. The van der Waals surface area contributed by atoms with Crippen LogP contribution < -0.4 is 20.1 Å². The number of halogens is 12. The summed E-state index contributed by atoms with van der Waals surface area (Å²) in [6.45, 7) is -7.55. The Labute approximate surface area is 432 Å². The Morgan fingerprint density at radius 2 is 0.910 bits per heavy atom. The molecule has 0 aromatic heterocycles. The van der Waals surface area contributed by atoms with Crippen LogP contribution in [0.5, 0.6) is 11.5 Å². The summed E-state index contributed by atoms with van der Waals surface area (Å²) in [5, 5.41) is 5.47. The van der Waals surface area contributed by atoms with Gasteiger partial charge < -0.3 is 48.9 Å². The van der Waals surface area contributed by atoms with E-state index in [9.17, 15) is 71.9 Å². The zero-order valence-corrected chi connectivity index (χ0v) is 40.5. The molecule has 8 bridgehead atoms. The molecule has 2 saturated heterocycles. The predicted molar refractivity (Wildman–Crippen MR) is 241 cm³/mol. The molecule has 2 aromatic rings. The third kappa shape index (κ3) is 9.19. The fraction of sp³-hybridized carbons (Fsp3) is 0.480. The molecule has 2 spiro atoms. The molecular weight excluding hydrogens is 1070 g/mol. The molecule has 14 rings (SSSR count). The minimum atomic E-state index is -4.86. The number of carbonyl (C=O) groups excluding carboxylic acids is 4. The van der Waals surface area contributed by atoms with E-state index in [1.165, 1.54) is 36.0 Å². The molecule has 12 aliphatic rings. The first-order valence-corrected chi connectivity index (χ1v) is 24.0. The standard InChI is InChI=1S/2C25H21F6N3O5/c2*1-34-17-7-12-2-3-18-13(6-12)23(9-16(20(34)36)32-19(17)35)14-8-22(37-10-24(26,27)28,38-11-25(29,30)31)5-4-15(14)33-21(23)39-18/h2*2-6,8,16-17,21H,7,9-11H2,1H3,(H,32,35)/t2*16-,17-,21+,23+/m11/s1. The summed E-state index contributed by atoms with van der Waals surface area (Å²) < 4.78 is 189.